The fraction of sp³-hybridized carbons (Fsp3) is 0.714. The number of likely N-dealkylation sites (tertiary alicyclic amines) is 1. The largest absolute Gasteiger partial charge is 0.480 e. The van der Waals surface area contributed by atoms with Crippen molar-refractivity contribution in [2.24, 2.45) is 5.92 Å². The molecule has 1 rings (SSSR count). The summed E-state index contributed by atoms with van der Waals surface area (Å²) in [7, 11) is 0. The molecular weight excluding hydrogens is 244 g/mol. The molecule has 1 aliphatic heterocycles. The molecule has 19 heavy (non-hydrogen) atoms. The Hall–Kier alpha value is -1.52. The van der Waals surface area contributed by atoms with Crippen molar-refractivity contribution in [3.63, 3.8) is 0 Å². The SMILES string of the molecule is C/C=C/CCNC(=O)N1CCC(CC)CC1C(=O)O. The van der Waals surface area contributed by atoms with Gasteiger partial charge < -0.3 is 15.3 Å². The van der Waals surface area contributed by atoms with Gasteiger partial charge in [-0.05, 0) is 32.1 Å². The van der Waals surface area contributed by atoms with Crippen molar-refractivity contribution in [2.45, 2.75) is 45.6 Å². The summed E-state index contributed by atoms with van der Waals surface area (Å²) in [5.74, 6) is -0.491. The lowest BCUT2D eigenvalue weighted by Crippen LogP contribution is -2.53. The number of carboxylic acids is 1. The van der Waals surface area contributed by atoms with E-state index in [2.05, 4.69) is 12.2 Å². The van der Waals surface area contributed by atoms with E-state index in [1.165, 1.54) is 4.90 Å². The van der Waals surface area contributed by atoms with Gasteiger partial charge in [-0.25, -0.2) is 9.59 Å². The van der Waals surface area contributed by atoms with Crippen LogP contribution in [0.15, 0.2) is 12.2 Å². The van der Waals surface area contributed by atoms with Crippen LogP contribution in [0.5, 0.6) is 0 Å². The summed E-state index contributed by atoms with van der Waals surface area (Å²) in [5.41, 5.74) is 0. The van der Waals surface area contributed by atoms with E-state index in [-0.39, 0.29) is 6.03 Å². The van der Waals surface area contributed by atoms with Crippen LogP contribution in [0.3, 0.4) is 0 Å². The molecule has 0 radical (unpaired) electrons. The molecule has 1 heterocycles. The van der Waals surface area contributed by atoms with Gasteiger partial charge in [0.1, 0.15) is 6.04 Å². The first kappa shape index (κ1) is 15.5. The fourth-order valence-electron chi connectivity index (χ4n) is 2.42. The predicted octanol–water partition coefficient (Wildman–Crippen LogP) is 2.24. The number of nitrogens with one attached hydrogen (secondary N) is 1. The smallest absolute Gasteiger partial charge is 0.326 e. The van der Waals surface area contributed by atoms with E-state index in [4.69, 9.17) is 0 Å². The van der Waals surface area contributed by atoms with E-state index in [1.54, 1.807) is 0 Å². The van der Waals surface area contributed by atoms with Crippen LogP contribution in [0.4, 0.5) is 4.79 Å². The minimum atomic E-state index is -0.901. The van der Waals surface area contributed by atoms with Crippen molar-refractivity contribution < 1.29 is 14.7 Å². The summed E-state index contributed by atoms with van der Waals surface area (Å²) in [5, 5.41) is 12.0. The molecule has 0 aromatic carbocycles. The Balaban J connectivity index is 2.54. The van der Waals surface area contributed by atoms with Crippen LogP contribution in [-0.2, 0) is 4.79 Å². The van der Waals surface area contributed by atoms with Gasteiger partial charge in [-0.2, -0.15) is 0 Å². The maximum Gasteiger partial charge on any atom is 0.326 e. The highest BCUT2D eigenvalue weighted by Crippen LogP contribution is 2.25. The van der Waals surface area contributed by atoms with Crippen LogP contribution in [0.1, 0.15) is 39.5 Å². The Morgan fingerprint density at radius 3 is 2.79 bits per heavy atom. The number of piperidine rings is 1. The number of rotatable bonds is 5. The number of nitrogens with zero attached hydrogens (tertiary/aromatic N) is 1. The number of carbonyl (C=O) groups is 2. The van der Waals surface area contributed by atoms with Crippen LogP contribution < -0.4 is 5.32 Å². The molecule has 2 unspecified atom stereocenters. The van der Waals surface area contributed by atoms with Crippen molar-refractivity contribution in [1.82, 2.24) is 10.2 Å². The molecule has 5 heteroatoms. The zero-order valence-corrected chi connectivity index (χ0v) is 11.8. The summed E-state index contributed by atoms with van der Waals surface area (Å²) in [6, 6.07) is -0.938. The minimum absolute atomic E-state index is 0.258. The average molecular weight is 268 g/mol. The van der Waals surface area contributed by atoms with E-state index in [1.807, 2.05) is 19.1 Å². The van der Waals surface area contributed by atoms with E-state index < -0.39 is 12.0 Å². The molecule has 0 bridgehead atoms. The number of allylic oxidation sites excluding steroid dienone is 1. The summed E-state index contributed by atoms with van der Waals surface area (Å²) in [4.78, 5) is 24.7. The minimum Gasteiger partial charge on any atom is -0.480 e. The summed E-state index contributed by atoms with van der Waals surface area (Å²) in [6.07, 6.45) is 7.10. The second kappa shape index (κ2) is 7.81. The molecule has 2 atom stereocenters. The van der Waals surface area contributed by atoms with Gasteiger partial charge in [-0.3, -0.25) is 0 Å². The number of urea groups is 1. The van der Waals surface area contributed by atoms with Gasteiger partial charge in [0.15, 0.2) is 0 Å². The van der Waals surface area contributed by atoms with E-state index in [0.717, 1.165) is 19.3 Å². The van der Waals surface area contributed by atoms with Gasteiger partial charge in [0, 0.05) is 13.1 Å². The topological polar surface area (TPSA) is 69.6 Å². The first-order chi connectivity index (χ1) is 9.10. The van der Waals surface area contributed by atoms with Gasteiger partial charge in [-0.1, -0.05) is 25.5 Å². The summed E-state index contributed by atoms with van der Waals surface area (Å²) in [6.45, 7) is 5.07. The maximum atomic E-state index is 12.0. The average Bonchev–Trinajstić information content (AvgIpc) is 2.42. The van der Waals surface area contributed by atoms with Crippen LogP contribution in [0, 0.1) is 5.92 Å². The summed E-state index contributed by atoms with van der Waals surface area (Å²) >= 11 is 0. The zero-order chi connectivity index (χ0) is 14.3. The molecule has 2 N–H and O–H groups in total. The molecule has 1 fully saturated rings. The highest BCUT2D eigenvalue weighted by atomic mass is 16.4. The van der Waals surface area contributed by atoms with Crippen molar-refractivity contribution in [3.05, 3.63) is 12.2 Å². The Morgan fingerprint density at radius 2 is 2.21 bits per heavy atom. The number of aliphatic carboxylic acids is 1. The number of hydrogen-bond donors (Lipinski definition) is 2. The molecular formula is C14H24N2O3. The van der Waals surface area contributed by atoms with Crippen LogP contribution in [-0.4, -0.2) is 41.1 Å². The number of amides is 2. The van der Waals surface area contributed by atoms with Crippen molar-refractivity contribution >= 4 is 12.0 Å². The highest BCUT2D eigenvalue weighted by Gasteiger charge is 2.35. The maximum absolute atomic E-state index is 12.0. The monoisotopic (exact) mass is 268 g/mol. The fourth-order valence-corrected chi connectivity index (χ4v) is 2.42. The Morgan fingerprint density at radius 1 is 1.47 bits per heavy atom. The van der Waals surface area contributed by atoms with E-state index in [0.29, 0.717) is 25.4 Å². The molecule has 2 amide bonds. The van der Waals surface area contributed by atoms with Crippen LogP contribution >= 0.6 is 0 Å². The first-order valence-electron chi connectivity index (χ1n) is 6.98. The molecule has 0 aromatic heterocycles. The number of hydrogen-bond acceptors (Lipinski definition) is 2. The van der Waals surface area contributed by atoms with Gasteiger partial charge >= 0.3 is 12.0 Å². The van der Waals surface area contributed by atoms with Crippen LogP contribution in [0.2, 0.25) is 0 Å². The van der Waals surface area contributed by atoms with Crippen molar-refractivity contribution in [1.29, 1.82) is 0 Å². The molecule has 108 valence electrons. The normalized spacial score (nSPS) is 23.6. The van der Waals surface area contributed by atoms with Gasteiger partial charge in [-0.15, -0.1) is 0 Å². The molecule has 5 nitrogen and oxygen atoms in total. The lowest BCUT2D eigenvalue weighted by Gasteiger charge is -2.36. The Kier molecular flexibility index (Phi) is 6.39. The third kappa shape index (κ3) is 4.58. The quantitative estimate of drug-likeness (QED) is 0.593. The lowest BCUT2D eigenvalue weighted by molar-refractivity contribution is -0.144. The van der Waals surface area contributed by atoms with E-state index >= 15 is 0 Å². The van der Waals surface area contributed by atoms with Crippen molar-refractivity contribution in [3.8, 4) is 0 Å². The third-order valence-corrected chi connectivity index (χ3v) is 3.66. The molecule has 0 aliphatic carbocycles. The number of carbonyl (C=O) groups excluding carboxylic acids is 1. The highest BCUT2D eigenvalue weighted by molar-refractivity contribution is 5.82. The molecule has 0 saturated carbocycles. The number of carboxylic acid groups (broad SMARTS) is 1. The molecule has 1 saturated heterocycles. The summed E-state index contributed by atoms with van der Waals surface area (Å²) < 4.78 is 0. The van der Waals surface area contributed by atoms with Gasteiger partial charge in [0.2, 0.25) is 0 Å². The molecule has 1 aliphatic rings. The van der Waals surface area contributed by atoms with Gasteiger partial charge in [0.25, 0.3) is 0 Å². The van der Waals surface area contributed by atoms with Crippen LogP contribution in [0.25, 0.3) is 0 Å². The second-order valence-corrected chi connectivity index (χ2v) is 4.94. The second-order valence-electron chi connectivity index (χ2n) is 4.94. The first-order valence-corrected chi connectivity index (χ1v) is 6.98. The predicted molar refractivity (Wildman–Crippen MR) is 74.0 cm³/mol. The standard InChI is InChI=1S/C14H24N2O3/c1-3-5-6-8-15-14(19)16-9-7-11(4-2)10-12(16)13(17)18/h3,5,11-12H,4,6-10H2,1-2H3,(H,15,19)(H,17,18)/b5-3+. The Bertz CT molecular complexity index is 342. The van der Waals surface area contributed by atoms with Crippen molar-refractivity contribution in [2.75, 3.05) is 13.1 Å². The molecule has 0 aromatic rings. The molecule has 0 spiro atoms. The lowest BCUT2D eigenvalue weighted by atomic mass is 9.89. The van der Waals surface area contributed by atoms with Gasteiger partial charge in [0.05, 0.1) is 0 Å². The Labute approximate surface area is 114 Å². The zero-order valence-electron chi connectivity index (χ0n) is 11.8. The third-order valence-electron chi connectivity index (χ3n) is 3.66. The van der Waals surface area contributed by atoms with E-state index in [9.17, 15) is 14.7 Å².